The van der Waals surface area contributed by atoms with E-state index >= 15 is 0 Å². The van der Waals surface area contributed by atoms with Crippen LogP contribution in [-0.2, 0) is 0 Å². The van der Waals surface area contributed by atoms with Gasteiger partial charge in [-0.15, -0.1) is 0 Å². The molecule has 0 atom stereocenters. The van der Waals surface area contributed by atoms with Gasteiger partial charge in [0.2, 0.25) is 0 Å². The number of para-hydroxylation sites is 1. The summed E-state index contributed by atoms with van der Waals surface area (Å²) in [7, 11) is 0. The number of Topliss-reactive ketones (excluding diaryl/α,β-unsaturated/α-hetero) is 1. The van der Waals surface area contributed by atoms with Crippen LogP contribution in [-0.4, -0.2) is 10.8 Å². The van der Waals surface area contributed by atoms with Gasteiger partial charge in [-0.2, -0.15) is 0 Å². The minimum atomic E-state index is -0.432. The van der Waals surface area contributed by atoms with Crippen molar-refractivity contribution in [2.75, 3.05) is 0 Å². The van der Waals surface area contributed by atoms with Gasteiger partial charge in [0.1, 0.15) is 11.3 Å². The molecule has 1 heterocycles. The first-order chi connectivity index (χ1) is 8.15. The molecular weight excluding hydrogens is 241 g/mol. The zero-order chi connectivity index (χ0) is 12.4. The summed E-state index contributed by atoms with van der Waals surface area (Å²) in [5.74, 6) is -0.491. The number of halogens is 2. The molecule has 0 spiro atoms. The lowest BCUT2D eigenvalue weighted by atomic mass is 10.1. The Morgan fingerprint density at radius 3 is 2.94 bits per heavy atom. The third-order valence-corrected chi connectivity index (χ3v) is 2.97. The summed E-state index contributed by atoms with van der Waals surface area (Å²) in [6, 6.07) is 4.54. The SMILES string of the molecule is CCCC(=O)c1cnc2c(F)cccc2c1Cl. The fraction of sp³-hybridized carbons (Fsp3) is 0.231. The molecular formula is C13H11ClFNO. The number of rotatable bonds is 3. The van der Waals surface area contributed by atoms with Crippen LogP contribution < -0.4 is 0 Å². The van der Waals surface area contributed by atoms with E-state index in [-0.39, 0.29) is 16.3 Å². The van der Waals surface area contributed by atoms with Crippen molar-refractivity contribution < 1.29 is 9.18 Å². The molecule has 2 aromatic rings. The Labute approximate surface area is 103 Å². The summed E-state index contributed by atoms with van der Waals surface area (Å²) >= 11 is 6.12. The number of pyridine rings is 1. The van der Waals surface area contributed by atoms with Gasteiger partial charge in [0, 0.05) is 18.0 Å². The molecule has 0 bridgehead atoms. The Bertz CT molecular complexity index is 583. The normalized spacial score (nSPS) is 10.8. The summed E-state index contributed by atoms with van der Waals surface area (Å²) in [5.41, 5.74) is 0.567. The summed E-state index contributed by atoms with van der Waals surface area (Å²) in [6.45, 7) is 1.92. The minimum Gasteiger partial charge on any atom is -0.294 e. The van der Waals surface area contributed by atoms with E-state index in [2.05, 4.69) is 4.98 Å². The minimum absolute atomic E-state index is 0.0591. The van der Waals surface area contributed by atoms with E-state index < -0.39 is 5.82 Å². The van der Waals surface area contributed by atoms with E-state index in [9.17, 15) is 9.18 Å². The van der Waals surface area contributed by atoms with Crippen LogP contribution in [0.1, 0.15) is 30.1 Å². The van der Waals surface area contributed by atoms with Crippen molar-refractivity contribution in [1.82, 2.24) is 4.98 Å². The topological polar surface area (TPSA) is 30.0 Å². The molecule has 17 heavy (non-hydrogen) atoms. The highest BCUT2D eigenvalue weighted by atomic mass is 35.5. The van der Waals surface area contributed by atoms with Crippen molar-refractivity contribution >= 4 is 28.3 Å². The van der Waals surface area contributed by atoms with Crippen LogP contribution in [0.15, 0.2) is 24.4 Å². The molecule has 0 amide bonds. The fourth-order valence-electron chi connectivity index (χ4n) is 1.71. The van der Waals surface area contributed by atoms with Gasteiger partial charge in [0.05, 0.1) is 10.6 Å². The highest BCUT2D eigenvalue weighted by Gasteiger charge is 2.14. The van der Waals surface area contributed by atoms with Crippen molar-refractivity contribution in [3.05, 3.63) is 40.8 Å². The lowest BCUT2D eigenvalue weighted by Gasteiger charge is -2.06. The Morgan fingerprint density at radius 2 is 2.24 bits per heavy atom. The number of nitrogens with zero attached hydrogens (tertiary/aromatic N) is 1. The maximum atomic E-state index is 13.4. The lowest BCUT2D eigenvalue weighted by Crippen LogP contribution is -2.01. The molecule has 2 nitrogen and oxygen atoms in total. The van der Waals surface area contributed by atoms with Crippen molar-refractivity contribution in [1.29, 1.82) is 0 Å². The van der Waals surface area contributed by atoms with E-state index in [1.54, 1.807) is 12.1 Å². The van der Waals surface area contributed by atoms with Crippen molar-refractivity contribution in [2.45, 2.75) is 19.8 Å². The van der Waals surface area contributed by atoms with Crippen LogP contribution in [0.2, 0.25) is 5.02 Å². The van der Waals surface area contributed by atoms with Crippen LogP contribution in [0.3, 0.4) is 0 Å². The molecule has 1 aromatic carbocycles. The second kappa shape index (κ2) is 4.80. The van der Waals surface area contributed by atoms with E-state index in [0.717, 1.165) is 6.42 Å². The predicted octanol–water partition coefficient (Wildman–Crippen LogP) is 4.01. The van der Waals surface area contributed by atoms with Crippen molar-refractivity contribution in [3.63, 3.8) is 0 Å². The number of aromatic nitrogens is 1. The summed E-state index contributed by atoms with van der Waals surface area (Å²) in [5, 5.41) is 0.765. The molecule has 0 saturated carbocycles. The summed E-state index contributed by atoms with van der Waals surface area (Å²) in [6.07, 6.45) is 2.52. The Hall–Kier alpha value is -1.48. The molecule has 0 aliphatic carbocycles. The molecule has 4 heteroatoms. The van der Waals surface area contributed by atoms with Gasteiger partial charge in [-0.25, -0.2) is 4.39 Å². The highest BCUT2D eigenvalue weighted by molar-refractivity contribution is 6.38. The zero-order valence-corrected chi connectivity index (χ0v) is 10.1. The number of hydrogen-bond acceptors (Lipinski definition) is 2. The first-order valence-corrected chi connectivity index (χ1v) is 5.79. The molecule has 0 fully saturated rings. The molecule has 2 rings (SSSR count). The summed E-state index contributed by atoms with van der Waals surface area (Å²) < 4.78 is 13.4. The van der Waals surface area contributed by atoms with E-state index in [1.165, 1.54) is 12.3 Å². The van der Waals surface area contributed by atoms with E-state index in [4.69, 9.17) is 11.6 Å². The first kappa shape index (κ1) is 12.0. The monoisotopic (exact) mass is 251 g/mol. The lowest BCUT2D eigenvalue weighted by molar-refractivity contribution is 0.0981. The van der Waals surface area contributed by atoms with Gasteiger partial charge < -0.3 is 0 Å². The molecule has 0 aliphatic heterocycles. The van der Waals surface area contributed by atoms with Crippen molar-refractivity contribution in [3.8, 4) is 0 Å². The summed E-state index contributed by atoms with van der Waals surface area (Å²) in [4.78, 5) is 15.7. The van der Waals surface area contributed by atoms with E-state index in [1.807, 2.05) is 6.92 Å². The molecule has 0 unspecified atom stereocenters. The molecule has 0 N–H and O–H groups in total. The van der Waals surface area contributed by atoms with Crippen LogP contribution in [0.25, 0.3) is 10.9 Å². The predicted molar refractivity (Wildman–Crippen MR) is 65.9 cm³/mol. The van der Waals surface area contributed by atoms with Gasteiger partial charge >= 0.3 is 0 Å². The van der Waals surface area contributed by atoms with Gasteiger partial charge in [-0.3, -0.25) is 9.78 Å². The third-order valence-electron chi connectivity index (χ3n) is 2.56. The number of carbonyl (C=O) groups excluding carboxylic acids is 1. The second-order valence-corrected chi connectivity index (χ2v) is 4.17. The number of fused-ring (bicyclic) bond motifs is 1. The number of carbonyl (C=O) groups is 1. The molecule has 1 aromatic heterocycles. The van der Waals surface area contributed by atoms with Crippen LogP contribution in [0.4, 0.5) is 4.39 Å². The van der Waals surface area contributed by atoms with Gasteiger partial charge in [0.25, 0.3) is 0 Å². The van der Waals surface area contributed by atoms with Gasteiger partial charge in [0.15, 0.2) is 5.78 Å². The van der Waals surface area contributed by atoms with Gasteiger partial charge in [-0.05, 0) is 12.5 Å². The highest BCUT2D eigenvalue weighted by Crippen LogP contribution is 2.27. The third kappa shape index (κ3) is 2.15. The number of hydrogen-bond donors (Lipinski definition) is 0. The Balaban J connectivity index is 2.62. The zero-order valence-electron chi connectivity index (χ0n) is 9.34. The molecule has 88 valence electrons. The second-order valence-electron chi connectivity index (χ2n) is 3.80. The van der Waals surface area contributed by atoms with Crippen LogP contribution in [0.5, 0.6) is 0 Å². The van der Waals surface area contributed by atoms with Gasteiger partial charge in [-0.1, -0.05) is 30.7 Å². The van der Waals surface area contributed by atoms with Crippen LogP contribution in [0, 0.1) is 5.82 Å². The number of ketones is 1. The van der Waals surface area contributed by atoms with Crippen molar-refractivity contribution in [2.24, 2.45) is 0 Å². The Morgan fingerprint density at radius 1 is 1.47 bits per heavy atom. The quantitative estimate of drug-likeness (QED) is 0.772. The molecule has 0 saturated heterocycles. The molecule has 0 aliphatic rings. The van der Waals surface area contributed by atoms with Crippen LogP contribution >= 0.6 is 11.6 Å². The maximum absolute atomic E-state index is 13.4. The average Bonchev–Trinajstić information content (AvgIpc) is 2.31. The number of benzene rings is 1. The Kier molecular flexibility index (Phi) is 3.38. The largest absolute Gasteiger partial charge is 0.294 e. The smallest absolute Gasteiger partial charge is 0.165 e. The maximum Gasteiger partial charge on any atom is 0.165 e. The molecule has 0 radical (unpaired) electrons. The first-order valence-electron chi connectivity index (χ1n) is 5.41. The van der Waals surface area contributed by atoms with E-state index in [0.29, 0.717) is 17.4 Å². The fourth-order valence-corrected chi connectivity index (χ4v) is 2.02. The average molecular weight is 252 g/mol. The standard InChI is InChI=1S/C13H11ClFNO/c1-2-4-11(17)9-7-16-13-8(12(9)14)5-3-6-10(13)15/h3,5-7H,2,4H2,1H3.